The van der Waals surface area contributed by atoms with E-state index in [0.717, 1.165) is 42.7 Å². The highest BCUT2D eigenvalue weighted by molar-refractivity contribution is 6.04. The first-order chi connectivity index (χ1) is 14.5. The average molecular weight is 405 g/mol. The summed E-state index contributed by atoms with van der Waals surface area (Å²) in [5, 5.41) is 2.93. The molecule has 156 valence electrons. The van der Waals surface area contributed by atoms with E-state index in [2.05, 4.69) is 44.5 Å². The first-order valence-electron chi connectivity index (χ1n) is 10.5. The van der Waals surface area contributed by atoms with Crippen LogP contribution in [-0.2, 0) is 6.54 Å². The number of aryl methyl sites for hydroxylation is 2. The summed E-state index contributed by atoms with van der Waals surface area (Å²) in [4.78, 5) is 32.6. The van der Waals surface area contributed by atoms with Crippen LogP contribution in [0.25, 0.3) is 0 Å². The van der Waals surface area contributed by atoms with Gasteiger partial charge in [0.05, 0.1) is 5.69 Å². The molecule has 0 atom stereocenters. The molecule has 0 bridgehead atoms. The van der Waals surface area contributed by atoms with E-state index in [0.29, 0.717) is 23.9 Å². The van der Waals surface area contributed by atoms with Crippen molar-refractivity contribution in [1.29, 1.82) is 0 Å². The second-order valence-electron chi connectivity index (χ2n) is 8.17. The lowest BCUT2D eigenvalue weighted by Crippen LogP contribution is -2.33. The van der Waals surface area contributed by atoms with E-state index in [1.165, 1.54) is 5.56 Å². The van der Waals surface area contributed by atoms with E-state index in [9.17, 15) is 9.59 Å². The number of nitrogens with zero attached hydrogens (tertiary/aromatic N) is 1. The van der Waals surface area contributed by atoms with Crippen LogP contribution in [0.5, 0.6) is 0 Å². The molecule has 1 saturated heterocycles. The lowest BCUT2D eigenvalue weighted by atomic mass is 9.89. The molecule has 3 N–H and O–H groups in total. The number of amides is 1. The maximum absolute atomic E-state index is 12.8. The number of hydrogen-bond donors (Lipinski definition) is 3. The van der Waals surface area contributed by atoms with Crippen LogP contribution >= 0.6 is 0 Å². The van der Waals surface area contributed by atoms with Gasteiger partial charge in [-0.15, -0.1) is 0 Å². The highest BCUT2D eigenvalue weighted by Crippen LogP contribution is 2.28. The van der Waals surface area contributed by atoms with Crippen LogP contribution in [0.3, 0.4) is 0 Å². The smallest absolute Gasteiger partial charge is 0.320 e. The highest BCUT2D eigenvalue weighted by Gasteiger charge is 2.23. The van der Waals surface area contributed by atoms with Gasteiger partial charge in [0.25, 0.3) is 5.91 Å². The van der Waals surface area contributed by atoms with Crippen LogP contribution in [-0.4, -0.2) is 33.9 Å². The molecule has 30 heavy (non-hydrogen) atoms. The van der Waals surface area contributed by atoms with E-state index < -0.39 is 0 Å². The number of imidazole rings is 1. The number of rotatable bonds is 5. The quantitative estimate of drug-likeness (QED) is 0.602. The molecule has 0 aliphatic carbocycles. The summed E-state index contributed by atoms with van der Waals surface area (Å²) in [6.45, 7) is 6.40. The predicted molar refractivity (Wildman–Crippen MR) is 119 cm³/mol. The zero-order chi connectivity index (χ0) is 21.1. The molecule has 2 heterocycles. The SMILES string of the molecule is Cc1ccc(NC(=O)c2[nH]c(=O)[nH]c2CN2CCC(c3ccccc3)CC2)c(C)c1. The largest absolute Gasteiger partial charge is 0.323 e. The number of likely N-dealkylation sites (tertiary alicyclic amines) is 1. The van der Waals surface area contributed by atoms with Gasteiger partial charge < -0.3 is 15.3 Å². The molecule has 0 saturated carbocycles. The van der Waals surface area contributed by atoms with E-state index in [1.807, 2.05) is 38.1 Å². The summed E-state index contributed by atoms with van der Waals surface area (Å²) in [6.07, 6.45) is 2.14. The summed E-state index contributed by atoms with van der Waals surface area (Å²) in [5.74, 6) is 0.273. The standard InChI is InChI=1S/C24H28N4O2/c1-16-8-9-20(17(2)14-16)25-23(29)22-21(26-24(30)27-22)15-28-12-10-19(11-13-28)18-6-4-3-5-7-18/h3-9,14,19H,10-13,15H2,1-2H3,(H,25,29)(H2,26,27,30). The number of H-pyrrole nitrogens is 2. The Balaban J connectivity index is 1.42. The fourth-order valence-electron chi connectivity index (χ4n) is 4.24. The first kappa shape index (κ1) is 20.2. The number of piperidine rings is 1. The molecule has 0 spiro atoms. The first-order valence-corrected chi connectivity index (χ1v) is 10.5. The van der Waals surface area contributed by atoms with Crippen molar-refractivity contribution >= 4 is 11.6 Å². The number of aromatic amines is 2. The number of hydrogen-bond acceptors (Lipinski definition) is 3. The Morgan fingerprint density at radius 1 is 1.07 bits per heavy atom. The van der Waals surface area contributed by atoms with Crippen molar-refractivity contribution in [3.8, 4) is 0 Å². The monoisotopic (exact) mass is 404 g/mol. The molecule has 6 nitrogen and oxygen atoms in total. The zero-order valence-electron chi connectivity index (χ0n) is 17.5. The van der Waals surface area contributed by atoms with Crippen molar-refractivity contribution in [1.82, 2.24) is 14.9 Å². The molecule has 1 aliphatic heterocycles. The number of benzene rings is 2. The highest BCUT2D eigenvalue weighted by atomic mass is 16.2. The normalized spacial score (nSPS) is 15.3. The van der Waals surface area contributed by atoms with Crippen molar-refractivity contribution in [2.24, 2.45) is 0 Å². The molecular weight excluding hydrogens is 376 g/mol. The molecular formula is C24H28N4O2. The van der Waals surface area contributed by atoms with Gasteiger partial charge in [0.1, 0.15) is 5.69 Å². The molecule has 1 aromatic heterocycles. The summed E-state index contributed by atoms with van der Waals surface area (Å²) < 4.78 is 0. The fourth-order valence-corrected chi connectivity index (χ4v) is 4.24. The average Bonchev–Trinajstić information content (AvgIpc) is 3.11. The predicted octanol–water partition coefficient (Wildman–Crippen LogP) is 3.95. The Morgan fingerprint density at radius 2 is 1.80 bits per heavy atom. The minimum Gasteiger partial charge on any atom is -0.320 e. The maximum atomic E-state index is 12.8. The van der Waals surface area contributed by atoms with Crippen molar-refractivity contribution in [3.63, 3.8) is 0 Å². The van der Waals surface area contributed by atoms with Crippen LogP contribution < -0.4 is 11.0 Å². The topological polar surface area (TPSA) is 81.0 Å². The molecule has 0 radical (unpaired) electrons. The Bertz CT molecular complexity index is 1080. The zero-order valence-corrected chi connectivity index (χ0v) is 17.5. The van der Waals surface area contributed by atoms with Gasteiger partial charge >= 0.3 is 5.69 Å². The maximum Gasteiger partial charge on any atom is 0.323 e. The number of aromatic nitrogens is 2. The van der Waals surface area contributed by atoms with Crippen LogP contribution in [0.1, 0.15) is 51.6 Å². The van der Waals surface area contributed by atoms with Gasteiger partial charge in [-0.05, 0) is 62.9 Å². The van der Waals surface area contributed by atoms with E-state index in [-0.39, 0.29) is 11.6 Å². The Kier molecular flexibility index (Phi) is 5.86. The number of carbonyl (C=O) groups is 1. The van der Waals surface area contributed by atoms with Gasteiger partial charge in [0.15, 0.2) is 0 Å². The van der Waals surface area contributed by atoms with Crippen molar-refractivity contribution in [2.45, 2.75) is 39.2 Å². The third-order valence-corrected chi connectivity index (χ3v) is 5.90. The van der Waals surface area contributed by atoms with Gasteiger partial charge in [0.2, 0.25) is 0 Å². The van der Waals surface area contributed by atoms with E-state index in [4.69, 9.17) is 0 Å². The van der Waals surface area contributed by atoms with Crippen molar-refractivity contribution in [2.75, 3.05) is 18.4 Å². The number of nitrogens with one attached hydrogen (secondary N) is 3. The van der Waals surface area contributed by atoms with Gasteiger partial charge in [-0.2, -0.15) is 0 Å². The van der Waals surface area contributed by atoms with E-state index >= 15 is 0 Å². The minimum atomic E-state index is -0.352. The van der Waals surface area contributed by atoms with Crippen LogP contribution in [0.4, 0.5) is 5.69 Å². The van der Waals surface area contributed by atoms with Gasteiger partial charge in [0, 0.05) is 12.2 Å². The third kappa shape index (κ3) is 4.54. The Morgan fingerprint density at radius 3 is 2.50 bits per heavy atom. The molecule has 2 aromatic carbocycles. The summed E-state index contributed by atoms with van der Waals surface area (Å²) in [6, 6.07) is 16.5. The second-order valence-corrected chi connectivity index (χ2v) is 8.17. The summed E-state index contributed by atoms with van der Waals surface area (Å²) >= 11 is 0. The Hall–Kier alpha value is -3.12. The lowest BCUT2D eigenvalue weighted by molar-refractivity contribution is 0.101. The third-order valence-electron chi connectivity index (χ3n) is 5.90. The lowest BCUT2D eigenvalue weighted by Gasteiger charge is -2.32. The molecule has 4 rings (SSSR count). The molecule has 1 amide bonds. The second kappa shape index (κ2) is 8.71. The molecule has 6 heteroatoms. The molecule has 1 aliphatic rings. The van der Waals surface area contributed by atoms with Gasteiger partial charge in [-0.3, -0.25) is 9.69 Å². The number of anilines is 1. The van der Waals surface area contributed by atoms with Crippen LogP contribution in [0.15, 0.2) is 53.3 Å². The van der Waals surface area contributed by atoms with Crippen molar-refractivity contribution < 1.29 is 4.79 Å². The Labute approximate surface area is 176 Å². The number of carbonyl (C=O) groups excluding carboxylic acids is 1. The summed E-state index contributed by atoms with van der Waals surface area (Å²) in [5.41, 5.74) is 4.87. The molecule has 1 fully saturated rings. The summed E-state index contributed by atoms with van der Waals surface area (Å²) in [7, 11) is 0. The van der Waals surface area contributed by atoms with Crippen LogP contribution in [0.2, 0.25) is 0 Å². The van der Waals surface area contributed by atoms with Gasteiger partial charge in [-0.1, -0.05) is 48.0 Å². The van der Waals surface area contributed by atoms with Crippen LogP contribution in [0, 0.1) is 13.8 Å². The van der Waals surface area contributed by atoms with Crippen molar-refractivity contribution in [3.05, 3.63) is 87.1 Å². The minimum absolute atomic E-state index is 0.297. The molecule has 3 aromatic rings. The van der Waals surface area contributed by atoms with E-state index in [1.54, 1.807) is 0 Å². The molecule has 0 unspecified atom stereocenters. The fraction of sp³-hybridized carbons (Fsp3) is 0.333. The van der Waals surface area contributed by atoms with Gasteiger partial charge in [-0.25, -0.2) is 4.79 Å².